The molecule has 1 aliphatic rings. The zero-order valence-electron chi connectivity index (χ0n) is 19.1. The molecule has 5 nitrogen and oxygen atoms in total. The van der Waals surface area contributed by atoms with Crippen molar-refractivity contribution in [3.05, 3.63) is 64.2 Å². The highest BCUT2D eigenvalue weighted by molar-refractivity contribution is 6.31. The molecular weight excluding hydrogens is 448 g/mol. The van der Waals surface area contributed by atoms with Crippen LogP contribution in [-0.4, -0.2) is 54.8 Å². The molecule has 3 rings (SSSR count). The number of carbonyl (C=O) groups is 2. The summed E-state index contributed by atoms with van der Waals surface area (Å²) in [6.07, 6.45) is 1.78. The van der Waals surface area contributed by atoms with Gasteiger partial charge < -0.3 is 14.7 Å². The SMILES string of the molecule is CCC(=O)N1CCCN(C)CCCN(C(=O)Cc2ccccc2Cl)Cc2cc(F)c(F)cc21. The molecule has 2 aromatic rings. The van der Waals surface area contributed by atoms with E-state index in [2.05, 4.69) is 4.90 Å². The summed E-state index contributed by atoms with van der Waals surface area (Å²) in [5, 5.41) is 0.508. The molecule has 0 saturated heterocycles. The highest BCUT2D eigenvalue weighted by Gasteiger charge is 2.24. The molecule has 0 spiro atoms. The lowest BCUT2D eigenvalue weighted by molar-refractivity contribution is -0.131. The standard InChI is InChI=1S/C25H30ClF2N3O2/c1-3-24(32)31-13-7-11-29(2)10-6-12-30(17-19-14-21(27)22(28)16-23(19)31)25(33)15-18-8-4-5-9-20(18)26/h4-5,8-9,14,16H,3,6-7,10-13,15,17H2,1-2H3. The van der Waals surface area contributed by atoms with Crippen LogP contribution in [0.25, 0.3) is 0 Å². The second-order valence-electron chi connectivity index (χ2n) is 8.39. The Morgan fingerprint density at radius 1 is 0.970 bits per heavy atom. The van der Waals surface area contributed by atoms with E-state index in [9.17, 15) is 18.4 Å². The van der Waals surface area contributed by atoms with Crippen molar-refractivity contribution in [3.8, 4) is 0 Å². The van der Waals surface area contributed by atoms with Crippen molar-refractivity contribution in [3.63, 3.8) is 0 Å². The van der Waals surface area contributed by atoms with Gasteiger partial charge in [0.2, 0.25) is 11.8 Å². The first kappa shape index (κ1) is 25.1. The average Bonchev–Trinajstić information content (AvgIpc) is 2.78. The third-order valence-electron chi connectivity index (χ3n) is 5.92. The highest BCUT2D eigenvalue weighted by atomic mass is 35.5. The largest absolute Gasteiger partial charge is 0.338 e. The molecule has 1 aliphatic heterocycles. The lowest BCUT2D eigenvalue weighted by Crippen LogP contribution is -2.38. The first-order valence-corrected chi connectivity index (χ1v) is 11.7. The minimum absolute atomic E-state index is 0.0764. The number of benzene rings is 2. The van der Waals surface area contributed by atoms with Crippen molar-refractivity contribution >= 4 is 29.1 Å². The molecule has 0 fully saturated rings. The van der Waals surface area contributed by atoms with Gasteiger partial charge in [0.15, 0.2) is 11.6 Å². The molecule has 2 aromatic carbocycles. The highest BCUT2D eigenvalue weighted by Crippen LogP contribution is 2.28. The van der Waals surface area contributed by atoms with Crippen molar-refractivity contribution in [1.82, 2.24) is 9.80 Å². The summed E-state index contributed by atoms with van der Waals surface area (Å²) in [4.78, 5) is 31.3. The Morgan fingerprint density at radius 3 is 2.33 bits per heavy atom. The Labute approximate surface area is 198 Å². The van der Waals surface area contributed by atoms with Gasteiger partial charge in [-0.3, -0.25) is 9.59 Å². The number of hydrogen-bond donors (Lipinski definition) is 0. The Morgan fingerprint density at radius 2 is 1.64 bits per heavy atom. The number of halogens is 3. The van der Waals surface area contributed by atoms with Crippen LogP contribution in [0.2, 0.25) is 5.02 Å². The van der Waals surface area contributed by atoms with Gasteiger partial charge in [0, 0.05) is 37.1 Å². The van der Waals surface area contributed by atoms with Crippen LogP contribution in [0.3, 0.4) is 0 Å². The van der Waals surface area contributed by atoms with Crippen LogP contribution in [0.4, 0.5) is 14.5 Å². The predicted molar refractivity (Wildman–Crippen MR) is 126 cm³/mol. The summed E-state index contributed by atoms with van der Waals surface area (Å²) in [5.41, 5.74) is 1.44. The lowest BCUT2D eigenvalue weighted by atomic mass is 10.1. The molecule has 0 aliphatic carbocycles. The van der Waals surface area contributed by atoms with Gasteiger partial charge in [-0.25, -0.2) is 8.78 Å². The van der Waals surface area contributed by atoms with Gasteiger partial charge in [0.1, 0.15) is 0 Å². The first-order chi connectivity index (χ1) is 15.8. The van der Waals surface area contributed by atoms with E-state index in [1.54, 1.807) is 30.0 Å². The summed E-state index contributed by atoms with van der Waals surface area (Å²) >= 11 is 6.25. The number of nitrogens with zero attached hydrogens (tertiary/aromatic N) is 3. The zero-order chi connectivity index (χ0) is 24.0. The third kappa shape index (κ3) is 6.51. The van der Waals surface area contributed by atoms with E-state index in [4.69, 9.17) is 11.6 Å². The third-order valence-corrected chi connectivity index (χ3v) is 6.29. The maximum atomic E-state index is 14.3. The molecule has 0 bridgehead atoms. The van der Waals surface area contributed by atoms with Crippen LogP contribution in [0, 0.1) is 11.6 Å². The number of hydrogen-bond acceptors (Lipinski definition) is 3. The van der Waals surface area contributed by atoms with Crippen molar-refractivity contribution in [2.75, 3.05) is 38.1 Å². The van der Waals surface area contributed by atoms with Gasteiger partial charge in [-0.1, -0.05) is 36.7 Å². The molecular formula is C25H30ClF2N3O2. The van der Waals surface area contributed by atoms with Gasteiger partial charge >= 0.3 is 0 Å². The molecule has 2 amide bonds. The molecule has 0 aromatic heterocycles. The van der Waals surface area contributed by atoms with Crippen molar-refractivity contribution in [2.24, 2.45) is 0 Å². The number of anilines is 1. The fourth-order valence-electron chi connectivity index (χ4n) is 4.08. The van der Waals surface area contributed by atoms with Crippen molar-refractivity contribution in [1.29, 1.82) is 0 Å². The van der Waals surface area contributed by atoms with E-state index < -0.39 is 11.6 Å². The van der Waals surface area contributed by atoms with E-state index in [1.807, 2.05) is 13.1 Å². The minimum Gasteiger partial charge on any atom is -0.338 e. The molecule has 1 heterocycles. The summed E-state index contributed by atoms with van der Waals surface area (Å²) in [5.74, 6) is -2.34. The fourth-order valence-corrected chi connectivity index (χ4v) is 4.28. The topological polar surface area (TPSA) is 43.9 Å². The van der Waals surface area contributed by atoms with Crippen LogP contribution in [0.1, 0.15) is 37.3 Å². The molecule has 0 atom stereocenters. The number of carbonyl (C=O) groups excluding carboxylic acids is 2. The van der Waals surface area contributed by atoms with Gasteiger partial charge in [-0.05, 0) is 56.2 Å². The second kappa shape index (κ2) is 11.6. The van der Waals surface area contributed by atoms with Crippen molar-refractivity contribution < 1.29 is 18.4 Å². The Bertz CT molecular complexity index is 1000. The molecule has 0 saturated carbocycles. The zero-order valence-corrected chi connectivity index (χ0v) is 19.9. The summed E-state index contributed by atoms with van der Waals surface area (Å²) < 4.78 is 28.5. The van der Waals surface area contributed by atoms with Gasteiger partial charge in [-0.2, -0.15) is 0 Å². The van der Waals surface area contributed by atoms with E-state index in [-0.39, 0.29) is 31.2 Å². The molecule has 33 heavy (non-hydrogen) atoms. The molecule has 0 N–H and O–H groups in total. The van der Waals surface area contributed by atoms with Gasteiger partial charge in [0.25, 0.3) is 0 Å². The summed E-state index contributed by atoms with van der Waals surface area (Å²) in [7, 11) is 2.00. The van der Waals surface area contributed by atoms with Crippen LogP contribution < -0.4 is 4.90 Å². The maximum Gasteiger partial charge on any atom is 0.227 e. The lowest BCUT2D eigenvalue weighted by Gasteiger charge is -2.31. The van der Waals surface area contributed by atoms with Crippen LogP contribution in [0.5, 0.6) is 0 Å². The van der Waals surface area contributed by atoms with Crippen LogP contribution in [-0.2, 0) is 22.6 Å². The van der Waals surface area contributed by atoms with Crippen molar-refractivity contribution in [2.45, 2.75) is 39.2 Å². The minimum atomic E-state index is -1.01. The van der Waals surface area contributed by atoms with E-state index >= 15 is 0 Å². The quantitative estimate of drug-likeness (QED) is 0.646. The number of rotatable bonds is 3. The number of fused-ring (bicyclic) bond motifs is 1. The molecule has 178 valence electrons. The Hall–Kier alpha value is -2.51. The van der Waals surface area contributed by atoms with Gasteiger partial charge in [-0.15, -0.1) is 0 Å². The fraction of sp³-hybridized carbons (Fsp3) is 0.440. The Kier molecular flexibility index (Phi) is 8.80. The molecule has 0 unspecified atom stereocenters. The maximum absolute atomic E-state index is 14.3. The normalized spacial score (nSPS) is 16.0. The summed E-state index contributed by atoms with van der Waals surface area (Å²) in [6, 6.07) is 9.34. The predicted octanol–water partition coefficient (Wildman–Crippen LogP) is 4.66. The van der Waals surface area contributed by atoms with E-state index in [0.717, 1.165) is 31.6 Å². The summed E-state index contributed by atoms with van der Waals surface area (Å²) in [6.45, 7) is 4.19. The monoisotopic (exact) mass is 477 g/mol. The molecule has 8 heteroatoms. The van der Waals surface area contributed by atoms with Gasteiger partial charge in [0.05, 0.1) is 12.1 Å². The van der Waals surface area contributed by atoms with E-state index in [1.165, 1.54) is 4.90 Å². The number of amides is 2. The Balaban J connectivity index is 1.99. The molecule has 0 radical (unpaired) electrons. The second-order valence-corrected chi connectivity index (χ2v) is 8.80. The first-order valence-electron chi connectivity index (χ1n) is 11.3. The van der Waals surface area contributed by atoms with E-state index in [0.29, 0.717) is 41.3 Å². The average molecular weight is 478 g/mol. The van der Waals surface area contributed by atoms with Crippen LogP contribution >= 0.6 is 11.6 Å². The smallest absolute Gasteiger partial charge is 0.227 e. The van der Waals surface area contributed by atoms with Crippen LogP contribution in [0.15, 0.2) is 36.4 Å².